The molecule has 1 aliphatic heterocycles. The lowest BCUT2D eigenvalue weighted by Gasteiger charge is -2.23. The van der Waals surface area contributed by atoms with Crippen LogP contribution < -0.4 is 5.32 Å². The van der Waals surface area contributed by atoms with Crippen molar-refractivity contribution in [2.24, 2.45) is 0 Å². The Morgan fingerprint density at radius 3 is 3.00 bits per heavy atom. The summed E-state index contributed by atoms with van der Waals surface area (Å²) >= 11 is 1.41. The minimum atomic E-state index is 0.638. The van der Waals surface area contributed by atoms with E-state index in [1.807, 2.05) is 5.38 Å². The zero-order chi connectivity index (χ0) is 10.5. The van der Waals surface area contributed by atoms with Gasteiger partial charge < -0.3 is 5.32 Å². The highest BCUT2D eigenvalue weighted by atomic mass is 32.1. The van der Waals surface area contributed by atoms with Gasteiger partial charge >= 0.3 is 0 Å². The summed E-state index contributed by atoms with van der Waals surface area (Å²) in [6, 6.07) is 0.638. The molecule has 1 N–H and O–H groups in total. The van der Waals surface area contributed by atoms with Crippen molar-refractivity contribution in [2.75, 3.05) is 19.6 Å². The summed E-state index contributed by atoms with van der Waals surface area (Å²) in [6.45, 7) is 6.70. The molecular formula is C10H18N4S. The van der Waals surface area contributed by atoms with Crippen molar-refractivity contribution in [3.8, 4) is 0 Å². The molecule has 1 fully saturated rings. The first-order chi connectivity index (χ1) is 7.36. The Labute approximate surface area is 94.8 Å². The lowest BCUT2D eigenvalue weighted by atomic mass is 10.3. The van der Waals surface area contributed by atoms with Crippen LogP contribution in [0.15, 0.2) is 5.38 Å². The normalized spacial score (nSPS) is 19.5. The molecule has 2 rings (SSSR count). The van der Waals surface area contributed by atoms with Crippen LogP contribution in [0.3, 0.4) is 0 Å². The van der Waals surface area contributed by atoms with Crippen molar-refractivity contribution in [3.05, 3.63) is 11.1 Å². The lowest BCUT2D eigenvalue weighted by molar-refractivity contribution is 0.251. The fraction of sp³-hybridized carbons (Fsp3) is 0.800. The lowest BCUT2D eigenvalue weighted by Crippen LogP contribution is -2.38. The van der Waals surface area contributed by atoms with Crippen molar-refractivity contribution < 1.29 is 0 Å². The highest BCUT2D eigenvalue weighted by Gasteiger charge is 2.17. The Morgan fingerprint density at radius 2 is 2.33 bits per heavy atom. The van der Waals surface area contributed by atoms with E-state index in [-0.39, 0.29) is 0 Å². The van der Waals surface area contributed by atoms with Gasteiger partial charge in [0.05, 0.1) is 5.69 Å². The molecular weight excluding hydrogens is 208 g/mol. The van der Waals surface area contributed by atoms with Gasteiger partial charge in [0.1, 0.15) is 0 Å². The molecule has 1 aromatic heterocycles. The number of hydrogen-bond acceptors (Lipinski definition) is 5. The molecule has 0 bridgehead atoms. The Bertz CT molecular complexity index is 269. The van der Waals surface area contributed by atoms with Gasteiger partial charge in [-0.3, -0.25) is 4.90 Å². The zero-order valence-electron chi connectivity index (χ0n) is 9.15. The minimum absolute atomic E-state index is 0.638. The maximum Gasteiger partial charge on any atom is 0.0893 e. The third kappa shape index (κ3) is 3.22. The third-order valence-electron chi connectivity index (χ3n) is 2.92. The van der Waals surface area contributed by atoms with E-state index in [2.05, 4.69) is 26.7 Å². The molecule has 2 heterocycles. The first-order valence-electron chi connectivity index (χ1n) is 5.57. The first kappa shape index (κ1) is 11.0. The number of aromatic nitrogens is 2. The Morgan fingerprint density at radius 1 is 1.53 bits per heavy atom. The van der Waals surface area contributed by atoms with E-state index in [0.29, 0.717) is 6.04 Å². The van der Waals surface area contributed by atoms with Gasteiger partial charge in [0, 0.05) is 24.5 Å². The molecule has 1 atom stereocenters. The summed E-state index contributed by atoms with van der Waals surface area (Å²) in [4.78, 5) is 2.55. The summed E-state index contributed by atoms with van der Waals surface area (Å²) in [5.74, 6) is 0. The van der Waals surface area contributed by atoms with E-state index in [0.717, 1.165) is 18.8 Å². The molecule has 0 spiro atoms. The van der Waals surface area contributed by atoms with Crippen LogP contribution in [0.1, 0.15) is 25.5 Å². The Kier molecular flexibility index (Phi) is 4.05. The summed E-state index contributed by atoms with van der Waals surface area (Å²) in [5.41, 5.74) is 1.05. The molecule has 0 aliphatic carbocycles. The molecule has 1 aromatic rings. The average molecular weight is 226 g/mol. The van der Waals surface area contributed by atoms with Crippen molar-refractivity contribution in [1.29, 1.82) is 0 Å². The average Bonchev–Trinajstić information content (AvgIpc) is 2.90. The summed E-state index contributed by atoms with van der Waals surface area (Å²) in [5, 5.41) is 9.42. The zero-order valence-corrected chi connectivity index (χ0v) is 9.96. The second-order valence-electron chi connectivity index (χ2n) is 4.12. The van der Waals surface area contributed by atoms with Crippen molar-refractivity contribution in [2.45, 2.75) is 32.4 Å². The van der Waals surface area contributed by atoms with E-state index < -0.39 is 0 Å². The van der Waals surface area contributed by atoms with Crippen LogP contribution in [0, 0.1) is 0 Å². The molecule has 1 aliphatic rings. The van der Waals surface area contributed by atoms with Crippen LogP contribution in [0.5, 0.6) is 0 Å². The second-order valence-corrected chi connectivity index (χ2v) is 4.73. The van der Waals surface area contributed by atoms with E-state index in [4.69, 9.17) is 0 Å². The van der Waals surface area contributed by atoms with E-state index in [1.54, 1.807) is 0 Å². The highest BCUT2D eigenvalue weighted by molar-refractivity contribution is 7.03. The van der Waals surface area contributed by atoms with Crippen LogP contribution in [0.4, 0.5) is 0 Å². The maximum absolute atomic E-state index is 4.00. The second kappa shape index (κ2) is 5.53. The van der Waals surface area contributed by atoms with Crippen LogP contribution in [0.25, 0.3) is 0 Å². The van der Waals surface area contributed by atoms with Crippen molar-refractivity contribution in [3.63, 3.8) is 0 Å². The molecule has 4 nitrogen and oxygen atoms in total. The maximum atomic E-state index is 4.00. The van der Waals surface area contributed by atoms with E-state index >= 15 is 0 Å². The van der Waals surface area contributed by atoms with E-state index in [1.165, 1.54) is 37.5 Å². The van der Waals surface area contributed by atoms with Gasteiger partial charge in [0.25, 0.3) is 0 Å². The minimum Gasteiger partial charge on any atom is -0.310 e. The first-order valence-corrected chi connectivity index (χ1v) is 6.40. The topological polar surface area (TPSA) is 41.1 Å². The number of nitrogens with zero attached hydrogens (tertiary/aromatic N) is 3. The quantitative estimate of drug-likeness (QED) is 0.816. The van der Waals surface area contributed by atoms with Gasteiger partial charge in [-0.05, 0) is 44.4 Å². The molecule has 1 saturated heterocycles. The van der Waals surface area contributed by atoms with Gasteiger partial charge in [0.15, 0.2) is 0 Å². The van der Waals surface area contributed by atoms with Crippen LogP contribution in [-0.2, 0) is 6.54 Å². The highest BCUT2D eigenvalue weighted by Crippen LogP contribution is 2.10. The van der Waals surface area contributed by atoms with Crippen molar-refractivity contribution in [1.82, 2.24) is 19.8 Å². The Hall–Kier alpha value is -0.520. The standard InChI is InChI=1S/C10H18N4S/c1-9(14-4-2-3-5-14)6-11-7-10-8-15-13-12-10/h8-9,11H,2-7H2,1H3. The van der Waals surface area contributed by atoms with Crippen LogP contribution in [0.2, 0.25) is 0 Å². The summed E-state index contributed by atoms with van der Waals surface area (Å²) in [7, 11) is 0. The number of rotatable bonds is 5. The van der Waals surface area contributed by atoms with Gasteiger partial charge in [0.2, 0.25) is 0 Å². The van der Waals surface area contributed by atoms with Gasteiger partial charge in [-0.25, -0.2) is 0 Å². The molecule has 5 heteroatoms. The molecule has 0 radical (unpaired) electrons. The molecule has 15 heavy (non-hydrogen) atoms. The fourth-order valence-electron chi connectivity index (χ4n) is 1.98. The predicted octanol–water partition coefficient (Wildman–Crippen LogP) is 1.11. The largest absolute Gasteiger partial charge is 0.310 e. The molecule has 0 aromatic carbocycles. The summed E-state index contributed by atoms with van der Waals surface area (Å²) < 4.78 is 3.84. The van der Waals surface area contributed by atoms with E-state index in [9.17, 15) is 0 Å². The van der Waals surface area contributed by atoms with Gasteiger partial charge in [-0.15, -0.1) is 5.10 Å². The monoisotopic (exact) mass is 226 g/mol. The number of likely N-dealkylation sites (tertiary alicyclic amines) is 1. The Balaban J connectivity index is 1.64. The van der Waals surface area contributed by atoms with Crippen LogP contribution in [-0.4, -0.2) is 40.2 Å². The fourth-order valence-corrected chi connectivity index (χ4v) is 2.43. The number of nitrogens with one attached hydrogen (secondary N) is 1. The van der Waals surface area contributed by atoms with Crippen LogP contribution >= 0.6 is 11.5 Å². The molecule has 84 valence electrons. The number of hydrogen-bond donors (Lipinski definition) is 1. The third-order valence-corrected chi connectivity index (χ3v) is 3.47. The van der Waals surface area contributed by atoms with Gasteiger partial charge in [-0.1, -0.05) is 4.49 Å². The summed E-state index contributed by atoms with van der Waals surface area (Å²) in [6.07, 6.45) is 2.72. The van der Waals surface area contributed by atoms with Gasteiger partial charge in [-0.2, -0.15) is 0 Å². The smallest absolute Gasteiger partial charge is 0.0893 e. The predicted molar refractivity (Wildman–Crippen MR) is 61.9 cm³/mol. The molecule has 0 saturated carbocycles. The molecule has 1 unspecified atom stereocenters. The SMILES string of the molecule is CC(CNCc1csnn1)N1CCCC1. The molecule has 0 amide bonds. The van der Waals surface area contributed by atoms with Crippen molar-refractivity contribution >= 4 is 11.5 Å².